The molecule has 2 aromatic heterocycles. The van der Waals surface area contributed by atoms with E-state index in [0.29, 0.717) is 18.1 Å². The highest BCUT2D eigenvalue weighted by molar-refractivity contribution is 5.75. The number of hydrogen-bond acceptors (Lipinski definition) is 5. The Labute approximate surface area is 141 Å². The van der Waals surface area contributed by atoms with Crippen LogP contribution in [0.1, 0.15) is 66.9 Å². The number of rotatable bonds is 4. The maximum Gasteiger partial charge on any atom is 0.318 e. The number of nitrogens with zero attached hydrogens (tertiary/aromatic N) is 4. The second-order valence-electron chi connectivity index (χ2n) is 6.28. The van der Waals surface area contributed by atoms with E-state index in [1.807, 2.05) is 25.7 Å². The van der Waals surface area contributed by atoms with Crippen molar-refractivity contribution in [2.75, 3.05) is 6.54 Å². The van der Waals surface area contributed by atoms with Gasteiger partial charge in [-0.3, -0.25) is 5.10 Å². The van der Waals surface area contributed by atoms with Crippen LogP contribution in [-0.4, -0.2) is 37.8 Å². The van der Waals surface area contributed by atoms with Gasteiger partial charge in [-0.2, -0.15) is 10.1 Å². The average Bonchev–Trinajstić information content (AvgIpc) is 3.26. The third-order valence-electron chi connectivity index (χ3n) is 4.59. The second kappa shape index (κ2) is 6.62. The number of hydrogen-bond donors (Lipinski definition) is 2. The number of aromatic nitrogens is 4. The minimum absolute atomic E-state index is 0.0632. The topological polar surface area (TPSA) is 99.9 Å². The summed E-state index contributed by atoms with van der Waals surface area (Å²) in [6.07, 6.45) is 2.64. The van der Waals surface area contributed by atoms with Crippen LogP contribution in [0.15, 0.2) is 4.52 Å². The van der Waals surface area contributed by atoms with Gasteiger partial charge in [-0.05, 0) is 33.1 Å². The Balaban J connectivity index is 1.76. The van der Waals surface area contributed by atoms with Crippen molar-refractivity contribution in [3.8, 4) is 0 Å². The Kier molecular flexibility index (Phi) is 4.55. The molecule has 0 saturated carbocycles. The molecule has 24 heavy (non-hydrogen) atoms. The first-order valence-corrected chi connectivity index (χ1v) is 8.40. The standard InChI is InChI=1S/C16H24N6O2/c1-5-12(15-17-11(4)24-21-15)18-16(23)22-8-6-7-13(22)14-9(2)19-20-10(14)3/h12-13H,5-8H2,1-4H3,(H,18,23)(H,19,20)/t12-,13+/m1/s1. The van der Waals surface area contributed by atoms with Gasteiger partial charge in [0.1, 0.15) is 0 Å². The molecule has 0 aromatic carbocycles. The second-order valence-corrected chi connectivity index (χ2v) is 6.28. The van der Waals surface area contributed by atoms with Crippen LogP contribution in [0, 0.1) is 20.8 Å². The Bertz CT molecular complexity index is 702. The molecule has 3 heterocycles. The fraction of sp³-hybridized carbons (Fsp3) is 0.625. The predicted molar refractivity (Wildman–Crippen MR) is 87.3 cm³/mol. The van der Waals surface area contributed by atoms with Crippen LogP contribution >= 0.6 is 0 Å². The Morgan fingerprint density at radius 1 is 1.46 bits per heavy atom. The van der Waals surface area contributed by atoms with E-state index in [2.05, 4.69) is 25.7 Å². The SMILES string of the molecule is CC[C@@H](NC(=O)N1CCC[C@H]1c1c(C)n[nH]c1C)c1noc(C)n1. The van der Waals surface area contributed by atoms with Crippen LogP contribution in [0.5, 0.6) is 0 Å². The number of H-pyrrole nitrogens is 1. The van der Waals surface area contributed by atoms with E-state index >= 15 is 0 Å². The number of carbonyl (C=O) groups excluding carboxylic acids is 1. The van der Waals surface area contributed by atoms with Crippen molar-refractivity contribution >= 4 is 6.03 Å². The van der Waals surface area contributed by atoms with Crippen LogP contribution in [0.4, 0.5) is 4.79 Å². The summed E-state index contributed by atoms with van der Waals surface area (Å²) >= 11 is 0. The molecular weight excluding hydrogens is 308 g/mol. The molecule has 1 saturated heterocycles. The lowest BCUT2D eigenvalue weighted by atomic mass is 10.0. The molecule has 3 rings (SSSR count). The van der Waals surface area contributed by atoms with Crippen molar-refractivity contribution in [2.45, 2.75) is 59.0 Å². The minimum atomic E-state index is -0.247. The first kappa shape index (κ1) is 16.5. The van der Waals surface area contributed by atoms with Gasteiger partial charge in [0, 0.05) is 24.7 Å². The van der Waals surface area contributed by atoms with Crippen LogP contribution in [0.25, 0.3) is 0 Å². The van der Waals surface area contributed by atoms with E-state index < -0.39 is 0 Å². The van der Waals surface area contributed by atoms with Gasteiger partial charge in [-0.25, -0.2) is 4.79 Å². The summed E-state index contributed by atoms with van der Waals surface area (Å²) in [6.45, 7) is 8.45. The lowest BCUT2D eigenvalue weighted by Gasteiger charge is -2.27. The number of amides is 2. The maximum atomic E-state index is 12.8. The monoisotopic (exact) mass is 332 g/mol. The lowest BCUT2D eigenvalue weighted by Crippen LogP contribution is -2.41. The molecule has 2 amide bonds. The fourth-order valence-electron chi connectivity index (χ4n) is 3.40. The van der Waals surface area contributed by atoms with Crippen LogP contribution in [0.2, 0.25) is 0 Å². The zero-order valence-electron chi connectivity index (χ0n) is 14.6. The van der Waals surface area contributed by atoms with Crippen LogP contribution in [0.3, 0.4) is 0 Å². The summed E-state index contributed by atoms with van der Waals surface area (Å²) in [4.78, 5) is 18.9. The smallest absolute Gasteiger partial charge is 0.318 e. The minimum Gasteiger partial charge on any atom is -0.340 e. The summed E-state index contributed by atoms with van der Waals surface area (Å²) in [5, 5.41) is 14.2. The normalized spacial score (nSPS) is 18.8. The maximum absolute atomic E-state index is 12.8. The molecule has 8 heteroatoms. The molecule has 0 unspecified atom stereocenters. The molecule has 2 aromatic rings. The summed E-state index contributed by atoms with van der Waals surface area (Å²) in [7, 11) is 0. The van der Waals surface area contributed by atoms with Crippen molar-refractivity contribution in [3.63, 3.8) is 0 Å². The molecule has 0 spiro atoms. The molecule has 0 bridgehead atoms. The third kappa shape index (κ3) is 3.00. The van der Waals surface area contributed by atoms with Gasteiger partial charge in [-0.1, -0.05) is 12.1 Å². The number of aryl methyl sites for hydroxylation is 3. The zero-order chi connectivity index (χ0) is 17.3. The fourth-order valence-corrected chi connectivity index (χ4v) is 3.40. The zero-order valence-corrected chi connectivity index (χ0v) is 14.6. The van der Waals surface area contributed by atoms with Crippen molar-refractivity contribution in [3.05, 3.63) is 28.7 Å². The highest BCUT2D eigenvalue weighted by atomic mass is 16.5. The van der Waals surface area contributed by atoms with E-state index in [-0.39, 0.29) is 18.1 Å². The van der Waals surface area contributed by atoms with Crippen LogP contribution < -0.4 is 5.32 Å². The first-order chi connectivity index (χ1) is 11.5. The molecule has 1 aliphatic heterocycles. The Morgan fingerprint density at radius 3 is 2.83 bits per heavy atom. The number of likely N-dealkylation sites (tertiary alicyclic amines) is 1. The molecule has 2 atom stereocenters. The van der Waals surface area contributed by atoms with Crippen molar-refractivity contribution < 1.29 is 9.32 Å². The number of urea groups is 1. The lowest BCUT2D eigenvalue weighted by molar-refractivity contribution is 0.187. The predicted octanol–water partition coefficient (Wildman–Crippen LogP) is 2.72. The average molecular weight is 332 g/mol. The molecule has 8 nitrogen and oxygen atoms in total. The quantitative estimate of drug-likeness (QED) is 0.896. The molecule has 0 radical (unpaired) electrons. The van der Waals surface area contributed by atoms with E-state index in [1.165, 1.54) is 0 Å². The molecule has 1 fully saturated rings. The third-order valence-corrected chi connectivity index (χ3v) is 4.59. The highest BCUT2D eigenvalue weighted by Crippen LogP contribution is 2.35. The Morgan fingerprint density at radius 2 is 2.25 bits per heavy atom. The molecule has 2 N–H and O–H groups in total. The van der Waals surface area contributed by atoms with E-state index in [0.717, 1.165) is 36.3 Å². The van der Waals surface area contributed by atoms with Gasteiger partial charge in [0.15, 0.2) is 5.82 Å². The van der Waals surface area contributed by atoms with Crippen LogP contribution in [-0.2, 0) is 0 Å². The van der Waals surface area contributed by atoms with Gasteiger partial charge in [0.05, 0.1) is 17.8 Å². The van der Waals surface area contributed by atoms with Gasteiger partial charge in [0.25, 0.3) is 0 Å². The molecule has 0 aliphatic carbocycles. The molecule has 1 aliphatic rings. The van der Waals surface area contributed by atoms with Crippen molar-refractivity contribution in [1.82, 2.24) is 30.6 Å². The summed E-state index contributed by atoms with van der Waals surface area (Å²) in [5.41, 5.74) is 3.11. The van der Waals surface area contributed by atoms with Gasteiger partial charge >= 0.3 is 6.03 Å². The number of nitrogens with one attached hydrogen (secondary N) is 2. The number of aromatic amines is 1. The Hall–Kier alpha value is -2.38. The summed E-state index contributed by atoms with van der Waals surface area (Å²) in [5.74, 6) is 1.02. The van der Waals surface area contributed by atoms with Crippen molar-refractivity contribution in [2.24, 2.45) is 0 Å². The van der Waals surface area contributed by atoms with Gasteiger partial charge in [-0.15, -0.1) is 0 Å². The summed E-state index contributed by atoms with van der Waals surface area (Å²) in [6, 6.07) is -0.275. The number of carbonyl (C=O) groups is 1. The van der Waals surface area contributed by atoms with Crippen molar-refractivity contribution in [1.29, 1.82) is 0 Å². The van der Waals surface area contributed by atoms with Gasteiger partial charge < -0.3 is 14.7 Å². The molecule has 130 valence electrons. The first-order valence-electron chi connectivity index (χ1n) is 8.40. The van der Waals surface area contributed by atoms with E-state index in [4.69, 9.17) is 4.52 Å². The largest absolute Gasteiger partial charge is 0.340 e. The summed E-state index contributed by atoms with van der Waals surface area (Å²) < 4.78 is 5.03. The van der Waals surface area contributed by atoms with E-state index in [9.17, 15) is 4.79 Å². The van der Waals surface area contributed by atoms with E-state index in [1.54, 1.807) is 6.92 Å². The van der Waals surface area contributed by atoms with Gasteiger partial charge in [0.2, 0.25) is 5.89 Å². The molecular formula is C16H24N6O2. The highest BCUT2D eigenvalue weighted by Gasteiger charge is 2.34.